The Morgan fingerprint density at radius 2 is 2.11 bits per heavy atom. The van der Waals surface area contributed by atoms with E-state index in [4.69, 9.17) is 4.74 Å². The summed E-state index contributed by atoms with van der Waals surface area (Å²) < 4.78 is 5.33. The summed E-state index contributed by atoms with van der Waals surface area (Å²) in [6.45, 7) is 7.26. The van der Waals surface area contributed by atoms with Crippen LogP contribution in [0.15, 0.2) is 24.4 Å². The lowest BCUT2D eigenvalue weighted by Gasteiger charge is -2.26. The summed E-state index contributed by atoms with van der Waals surface area (Å²) in [5, 5.41) is 3.48. The molecular formula is C14H23N3O. The maximum Gasteiger partial charge on any atom is 0.0594 e. The Labute approximate surface area is 109 Å². The molecule has 2 heterocycles. The third-order valence-electron chi connectivity index (χ3n) is 3.22. The Hall–Kier alpha value is -0.970. The molecule has 0 spiro atoms. The van der Waals surface area contributed by atoms with Gasteiger partial charge in [0.2, 0.25) is 0 Å². The molecule has 0 bridgehead atoms. The van der Waals surface area contributed by atoms with Crippen LogP contribution in [0.2, 0.25) is 0 Å². The smallest absolute Gasteiger partial charge is 0.0594 e. The van der Waals surface area contributed by atoms with Crippen LogP contribution in [0.25, 0.3) is 0 Å². The Kier molecular flexibility index (Phi) is 6.12. The number of pyridine rings is 1. The van der Waals surface area contributed by atoms with Crippen molar-refractivity contribution in [1.29, 1.82) is 0 Å². The molecule has 1 aromatic rings. The second kappa shape index (κ2) is 8.19. The van der Waals surface area contributed by atoms with Crippen molar-refractivity contribution in [2.24, 2.45) is 0 Å². The van der Waals surface area contributed by atoms with Crippen LogP contribution in [0.1, 0.15) is 12.1 Å². The Morgan fingerprint density at radius 1 is 1.22 bits per heavy atom. The summed E-state index contributed by atoms with van der Waals surface area (Å²) in [7, 11) is 0. The second-order valence-corrected chi connectivity index (χ2v) is 4.63. The van der Waals surface area contributed by atoms with Crippen LogP contribution in [0.4, 0.5) is 0 Å². The topological polar surface area (TPSA) is 37.4 Å². The lowest BCUT2D eigenvalue weighted by Crippen LogP contribution is -2.37. The lowest BCUT2D eigenvalue weighted by atomic mass is 10.2. The van der Waals surface area contributed by atoms with Gasteiger partial charge in [-0.3, -0.25) is 9.88 Å². The number of morpholine rings is 1. The lowest BCUT2D eigenvalue weighted by molar-refractivity contribution is 0.0375. The van der Waals surface area contributed by atoms with E-state index in [-0.39, 0.29) is 0 Å². The van der Waals surface area contributed by atoms with Crippen LogP contribution in [0, 0.1) is 0 Å². The van der Waals surface area contributed by atoms with E-state index < -0.39 is 0 Å². The summed E-state index contributed by atoms with van der Waals surface area (Å²) in [6, 6.07) is 6.08. The van der Waals surface area contributed by atoms with Crippen molar-refractivity contribution in [2.75, 3.05) is 45.9 Å². The van der Waals surface area contributed by atoms with Gasteiger partial charge in [0.05, 0.1) is 13.2 Å². The van der Waals surface area contributed by atoms with Crippen LogP contribution in [0.3, 0.4) is 0 Å². The van der Waals surface area contributed by atoms with Crippen molar-refractivity contribution in [3.05, 3.63) is 30.1 Å². The number of aromatic nitrogens is 1. The normalized spacial score (nSPS) is 16.9. The number of nitrogens with one attached hydrogen (secondary N) is 1. The van der Waals surface area contributed by atoms with E-state index in [0.29, 0.717) is 0 Å². The summed E-state index contributed by atoms with van der Waals surface area (Å²) in [6.07, 6.45) is 4.08. The van der Waals surface area contributed by atoms with Crippen LogP contribution in [-0.2, 0) is 11.2 Å². The van der Waals surface area contributed by atoms with Gasteiger partial charge >= 0.3 is 0 Å². The molecule has 0 unspecified atom stereocenters. The average Bonchev–Trinajstić information content (AvgIpc) is 2.45. The van der Waals surface area contributed by atoms with Crippen LogP contribution in [0.5, 0.6) is 0 Å². The van der Waals surface area contributed by atoms with Gasteiger partial charge in [-0.1, -0.05) is 6.07 Å². The van der Waals surface area contributed by atoms with Gasteiger partial charge in [0.15, 0.2) is 0 Å². The monoisotopic (exact) mass is 249 g/mol. The summed E-state index contributed by atoms with van der Waals surface area (Å²) in [5.74, 6) is 0. The highest BCUT2D eigenvalue weighted by molar-refractivity contribution is 5.03. The second-order valence-electron chi connectivity index (χ2n) is 4.63. The Bertz CT molecular complexity index is 312. The summed E-state index contributed by atoms with van der Waals surface area (Å²) >= 11 is 0. The molecule has 2 rings (SSSR count). The van der Waals surface area contributed by atoms with E-state index in [1.165, 1.54) is 13.0 Å². The van der Waals surface area contributed by atoms with Gasteiger partial charge in [-0.2, -0.15) is 0 Å². The predicted octanol–water partition coefficient (Wildman–Crippen LogP) is 0.936. The Morgan fingerprint density at radius 3 is 2.89 bits per heavy atom. The van der Waals surface area contributed by atoms with Crippen LogP contribution in [-0.4, -0.2) is 55.8 Å². The third-order valence-corrected chi connectivity index (χ3v) is 3.22. The fraction of sp³-hybridized carbons (Fsp3) is 0.643. The van der Waals surface area contributed by atoms with E-state index >= 15 is 0 Å². The van der Waals surface area contributed by atoms with Crippen molar-refractivity contribution in [1.82, 2.24) is 15.2 Å². The molecule has 1 N–H and O–H groups in total. The van der Waals surface area contributed by atoms with Gasteiger partial charge in [0, 0.05) is 37.9 Å². The van der Waals surface area contributed by atoms with Crippen molar-refractivity contribution in [3.8, 4) is 0 Å². The first-order valence-electron chi connectivity index (χ1n) is 6.86. The number of nitrogens with zero attached hydrogens (tertiary/aromatic N) is 2. The van der Waals surface area contributed by atoms with Gasteiger partial charge < -0.3 is 10.1 Å². The maximum absolute atomic E-state index is 5.33. The quantitative estimate of drug-likeness (QED) is 0.730. The van der Waals surface area contributed by atoms with Gasteiger partial charge in [-0.05, 0) is 31.6 Å². The molecule has 0 atom stereocenters. The third kappa shape index (κ3) is 5.12. The first-order chi connectivity index (χ1) is 8.95. The molecule has 18 heavy (non-hydrogen) atoms. The molecule has 4 heteroatoms. The predicted molar refractivity (Wildman–Crippen MR) is 72.7 cm³/mol. The molecular weight excluding hydrogens is 226 g/mol. The number of rotatable bonds is 7. The SMILES string of the molecule is c1ccc(CCNCCCN2CCOCC2)nc1. The average molecular weight is 249 g/mol. The van der Waals surface area contributed by atoms with Crippen molar-refractivity contribution in [3.63, 3.8) is 0 Å². The first-order valence-corrected chi connectivity index (χ1v) is 6.86. The maximum atomic E-state index is 5.33. The summed E-state index contributed by atoms with van der Waals surface area (Å²) in [4.78, 5) is 6.78. The number of hydrogen-bond donors (Lipinski definition) is 1. The van der Waals surface area contributed by atoms with E-state index in [1.807, 2.05) is 18.3 Å². The van der Waals surface area contributed by atoms with Crippen LogP contribution < -0.4 is 5.32 Å². The minimum atomic E-state index is 0.896. The molecule has 1 fully saturated rings. The minimum absolute atomic E-state index is 0.896. The van der Waals surface area contributed by atoms with E-state index in [1.54, 1.807) is 0 Å². The zero-order chi connectivity index (χ0) is 12.5. The number of ether oxygens (including phenoxy) is 1. The highest BCUT2D eigenvalue weighted by Gasteiger charge is 2.08. The fourth-order valence-corrected chi connectivity index (χ4v) is 2.14. The zero-order valence-corrected chi connectivity index (χ0v) is 11.0. The minimum Gasteiger partial charge on any atom is -0.379 e. The van der Waals surface area contributed by atoms with Gasteiger partial charge in [0.1, 0.15) is 0 Å². The van der Waals surface area contributed by atoms with E-state index in [0.717, 1.165) is 51.5 Å². The zero-order valence-electron chi connectivity index (χ0n) is 11.0. The highest BCUT2D eigenvalue weighted by Crippen LogP contribution is 1.97. The van der Waals surface area contributed by atoms with Gasteiger partial charge in [-0.25, -0.2) is 0 Å². The Balaban J connectivity index is 1.46. The van der Waals surface area contributed by atoms with Crippen molar-refractivity contribution < 1.29 is 4.74 Å². The molecule has 0 aromatic carbocycles. The molecule has 4 nitrogen and oxygen atoms in total. The molecule has 1 saturated heterocycles. The highest BCUT2D eigenvalue weighted by atomic mass is 16.5. The molecule has 1 aromatic heterocycles. The molecule has 0 saturated carbocycles. The summed E-state index contributed by atoms with van der Waals surface area (Å²) in [5.41, 5.74) is 1.16. The van der Waals surface area contributed by atoms with E-state index in [9.17, 15) is 0 Å². The molecule has 1 aliphatic rings. The molecule has 0 radical (unpaired) electrons. The van der Waals surface area contributed by atoms with Crippen molar-refractivity contribution in [2.45, 2.75) is 12.8 Å². The number of hydrogen-bond acceptors (Lipinski definition) is 4. The molecule has 1 aliphatic heterocycles. The molecule has 0 aliphatic carbocycles. The molecule has 100 valence electrons. The van der Waals surface area contributed by atoms with Crippen molar-refractivity contribution >= 4 is 0 Å². The molecule has 0 amide bonds. The van der Waals surface area contributed by atoms with Crippen LogP contribution >= 0.6 is 0 Å². The van der Waals surface area contributed by atoms with E-state index in [2.05, 4.69) is 21.3 Å². The first kappa shape index (κ1) is 13.5. The fourth-order valence-electron chi connectivity index (χ4n) is 2.14. The largest absolute Gasteiger partial charge is 0.379 e. The van der Waals surface area contributed by atoms with Gasteiger partial charge in [0.25, 0.3) is 0 Å². The standard InChI is InChI=1S/C14H23N3O/c1-2-7-16-14(4-1)5-8-15-6-3-9-17-10-12-18-13-11-17/h1-2,4,7,15H,3,5-6,8-13H2. The van der Waals surface area contributed by atoms with Gasteiger partial charge in [-0.15, -0.1) is 0 Å².